The molecule has 1 aliphatic carbocycles. The predicted octanol–water partition coefficient (Wildman–Crippen LogP) is 5.06. The van der Waals surface area contributed by atoms with Gasteiger partial charge in [0.15, 0.2) is 5.89 Å². The van der Waals surface area contributed by atoms with Crippen molar-refractivity contribution in [1.29, 1.82) is 0 Å². The molecule has 1 fully saturated rings. The number of thioether (sulfide) groups is 1. The second-order valence-corrected chi connectivity index (χ2v) is 8.19. The molecule has 28 heavy (non-hydrogen) atoms. The van der Waals surface area contributed by atoms with Gasteiger partial charge in [-0.3, -0.25) is 4.79 Å². The smallest absolute Gasteiger partial charge is 0.315 e. The summed E-state index contributed by atoms with van der Waals surface area (Å²) in [4.78, 5) is 15.9. The fourth-order valence-electron chi connectivity index (χ4n) is 3.51. The zero-order valence-electron chi connectivity index (χ0n) is 16.7. The molecule has 2 aromatic rings. The Kier molecular flexibility index (Phi) is 7.83. The van der Waals surface area contributed by atoms with Crippen molar-refractivity contribution in [3.63, 3.8) is 0 Å². The molecule has 0 N–H and O–H groups in total. The van der Waals surface area contributed by atoms with Crippen LogP contribution in [0.4, 0.5) is 0 Å². The highest BCUT2D eigenvalue weighted by Gasteiger charge is 2.21. The molecule has 1 aromatic carbocycles. The van der Waals surface area contributed by atoms with E-state index in [1.54, 1.807) is 0 Å². The van der Waals surface area contributed by atoms with E-state index in [4.69, 9.17) is 14.1 Å². The van der Waals surface area contributed by atoms with E-state index in [-0.39, 0.29) is 5.97 Å². The lowest BCUT2D eigenvalue weighted by Crippen LogP contribution is -2.06. The second-order valence-electron chi connectivity index (χ2n) is 7.20. The van der Waals surface area contributed by atoms with Gasteiger partial charge in [-0.1, -0.05) is 31.4 Å². The average molecular weight is 404 g/mol. The van der Waals surface area contributed by atoms with Crippen molar-refractivity contribution in [2.45, 2.75) is 57.1 Å². The van der Waals surface area contributed by atoms with Crippen molar-refractivity contribution in [3.05, 3.63) is 47.2 Å². The molecular weight excluding hydrogens is 374 g/mol. The summed E-state index contributed by atoms with van der Waals surface area (Å²) in [5.41, 5.74) is 2.13. The van der Waals surface area contributed by atoms with Crippen LogP contribution in [0.1, 0.15) is 60.9 Å². The van der Waals surface area contributed by atoms with E-state index in [0.717, 1.165) is 40.8 Å². The van der Waals surface area contributed by atoms with Crippen LogP contribution in [0.25, 0.3) is 0 Å². The van der Waals surface area contributed by atoms with E-state index >= 15 is 0 Å². The maximum absolute atomic E-state index is 11.2. The molecule has 0 bridgehead atoms. The zero-order valence-corrected chi connectivity index (χ0v) is 17.6. The molecule has 3 rings (SSSR count). The molecule has 1 heterocycles. The molecule has 0 unspecified atom stereocenters. The SMILES string of the molecule is COC(=O)CSCc1cccc(OCCc2nc(C3CCCCC3)oc2C)c1. The monoisotopic (exact) mass is 403 g/mol. The van der Waals surface area contributed by atoms with Crippen molar-refractivity contribution in [3.8, 4) is 5.75 Å². The predicted molar refractivity (Wildman–Crippen MR) is 111 cm³/mol. The first kappa shape index (κ1) is 20.8. The number of methoxy groups -OCH3 is 1. The third kappa shape index (κ3) is 6.03. The Hall–Kier alpha value is -1.95. The van der Waals surface area contributed by atoms with Crippen molar-refractivity contribution in [1.82, 2.24) is 4.98 Å². The first-order chi connectivity index (χ1) is 13.7. The number of nitrogens with zero attached hydrogens (tertiary/aromatic N) is 1. The maximum atomic E-state index is 11.2. The fourth-order valence-corrected chi connectivity index (χ4v) is 4.31. The number of aromatic nitrogens is 1. The molecule has 5 nitrogen and oxygen atoms in total. The highest BCUT2D eigenvalue weighted by Crippen LogP contribution is 2.33. The van der Waals surface area contributed by atoms with Gasteiger partial charge >= 0.3 is 5.97 Å². The number of aryl methyl sites for hydroxylation is 1. The summed E-state index contributed by atoms with van der Waals surface area (Å²) < 4.78 is 16.5. The van der Waals surface area contributed by atoms with Gasteiger partial charge in [0.1, 0.15) is 11.5 Å². The molecule has 1 aromatic heterocycles. The number of esters is 1. The molecule has 0 aliphatic heterocycles. The van der Waals surface area contributed by atoms with Gasteiger partial charge in [0.2, 0.25) is 0 Å². The van der Waals surface area contributed by atoms with E-state index in [1.807, 2.05) is 31.2 Å². The Morgan fingerprint density at radius 1 is 1.29 bits per heavy atom. The number of benzene rings is 1. The molecule has 0 amide bonds. The van der Waals surface area contributed by atoms with Crippen LogP contribution >= 0.6 is 11.8 Å². The lowest BCUT2D eigenvalue weighted by Gasteiger charge is -2.17. The van der Waals surface area contributed by atoms with Gasteiger partial charge in [0.25, 0.3) is 0 Å². The number of hydrogen-bond donors (Lipinski definition) is 0. The molecule has 152 valence electrons. The average Bonchev–Trinajstić information content (AvgIpc) is 3.09. The van der Waals surface area contributed by atoms with Crippen molar-refractivity contribution in [2.75, 3.05) is 19.5 Å². The summed E-state index contributed by atoms with van der Waals surface area (Å²) in [6.07, 6.45) is 7.01. The molecule has 1 aliphatic rings. The Bertz CT molecular complexity index is 768. The van der Waals surface area contributed by atoms with Gasteiger partial charge in [-0.2, -0.15) is 0 Å². The highest BCUT2D eigenvalue weighted by atomic mass is 32.2. The normalized spacial score (nSPS) is 14.8. The second kappa shape index (κ2) is 10.6. The first-order valence-corrected chi connectivity index (χ1v) is 11.1. The number of carbonyl (C=O) groups excluding carboxylic acids is 1. The van der Waals surface area contributed by atoms with Crippen LogP contribution in [-0.4, -0.2) is 30.4 Å². The summed E-state index contributed by atoms with van der Waals surface area (Å²) in [6.45, 7) is 2.56. The standard InChI is InChI=1S/C22H29NO4S/c1-16-20(23-22(27-16)18-8-4-3-5-9-18)11-12-26-19-10-6-7-17(13-19)14-28-15-21(24)25-2/h6-7,10,13,18H,3-5,8-9,11-12,14-15H2,1-2H3. The quantitative estimate of drug-likeness (QED) is 0.546. The van der Waals surface area contributed by atoms with E-state index in [1.165, 1.54) is 51.0 Å². The minimum atomic E-state index is -0.201. The Morgan fingerprint density at radius 2 is 2.11 bits per heavy atom. The van der Waals surface area contributed by atoms with Crippen molar-refractivity contribution in [2.24, 2.45) is 0 Å². The van der Waals surface area contributed by atoms with Crippen LogP contribution in [0.3, 0.4) is 0 Å². The van der Waals surface area contributed by atoms with Crippen LogP contribution in [0.5, 0.6) is 5.75 Å². The molecule has 6 heteroatoms. The Labute approximate surface area is 171 Å². The van der Waals surface area contributed by atoms with Gasteiger partial charge in [-0.15, -0.1) is 11.8 Å². The molecular formula is C22H29NO4S. The van der Waals surface area contributed by atoms with Crippen LogP contribution in [0, 0.1) is 6.92 Å². The number of ether oxygens (including phenoxy) is 2. The third-order valence-electron chi connectivity index (χ3n) is 5.09. The molecule has 0 radical (unpaired) electrons. The van der Waals surface area contributed by atoms with Crippen LogP contribution < -0.4 is 4.74 Å². The number of carbonyl (C=O) groups is 1. The lowest BCUT2D eigenvalue weighted by atomic mass is 9.89. The Morgan fingerprint density at radius 3 is 2.89 bits per heavy atom. The maximum Gasteiger partial charge on any atom is 0.315 e. The van der Waals surface area contributed by atoms with Crippen molar-refractivity contribution < 1.29 is 18.7 Å². The van der Waals surface area contributed by atoms with E-state index in [0.29, 0.717) is 18.3 Å². The summed E-state index contributed by atoms with van der Waals surface area (Å²) in [7, 11) is 1.41. The summed E-state index contributed by atoms with van der Waals surface area (Å²) in [5, 5.41) is 0. The van der Waals surface area contributed by atoms with E-state index in [2.05, 4.69) is 4.74 Å². The number of hydrogen-bond acceptors (Lipinski definition) is 6. The van der Waals surface area contributed by atoms with Gasteiger partial charge in [-0.05, 0) is 37.5 Å². The van der Waals surface area contributed by atoms with Gasteiger partial charge in [0, 0.05) is 18.1 Å². The van der Waals surface area contributed by atoms with Gasteiger partial charge < -0.3 is 13.9 Å². The molecule has 0 atom stereocenters. The van der Waals surface area contributed by atoms with Crippen LogP contribution in [0.15, 0.2) is 28.7 Å². The van der Waals surface area contributed by atoms with Gasteiger partial charge in [-0.25, -0.2) is 4.98 Å². The van der Waals surface area contributed by atoms with E-state index in [9.17, 15) is 4.79 Å². The van der Waals surface area contributed by atoms with Crippen LogP contribution in [0.2, 0.25) is 0 Å². The summed E-state index contributed by atoms with van der Waals surface area (Å²) >= 11 is 1.53. The fraction of sp³-hybridized carbons (Fsp3) is 0.545. The summed E-state index contributed by atoms with van der Waals surface area (Å²) in [5.74, 6) is 4.06. The number of oxazole rings is 1. The van der Waals surface area contributed by atoms with Gasteiger partial charge in [0.05, 0.1) is 25.2 Å². The first-order valence-electron chi connectivity index (χ1n) is 9.98. The topological polar surface area (TPSA) is 61.6 Å². The Balaban J connectivity index is 1.47. The molecule has 0 spiro atoms. The third-order valence-corrected chi connectivity index (χ3v) is 6.06. The minimum absolute atomic E-state index is 0.201. The number of rotatable bonds is 9. The molecule has 0 saturated heterocycles. The van der Waals surface area contributed by atoms with Crippen molar-refractivity contribution >= 4 is 17.7 Å². The summed E-state index contributed by atoms with van der Waals surface area (Å²) in [6, 6.07) is 7.99. The molecule has 1 saturated carbocycles. The zero-order chi connectivity index (χ0) is 19.8. The van der Waals surface area contributed by atoms with Crippen LogP contribution in [-0.2, 0) is 21.7 Å². The lowest BCUT2D eigenvalue weighted by molar-refractivity contribution is -0.137. The van der Waals surface area contributed by atoms with E-state index < -0.39 is 0 Å². The largest absolute Gasteiger partial charge is 0.493 e. The highest BCUT2D eigenvalue weighted by molar-refractivity contribution is 7.99. The minimum Gasteiger partial charge on any atom is -0.493 e.